The summed E-state index contributed by atoms with van der Waals surface area (Å²) in [5, 5.41) is 2.84. The third-order valence-electron chi connectivity index (χ3n) is 6.01. The molecule has 1 saturated heterocycles. The summed E-state index contributed by atoms with van der Waals surface area (Å²) in [4.78, 5) is 27.1. The van der Waals surface area contributed by atoms with Crippen molar-refractivity contribution < 1.29 is 18.0 Å². The Bertz CT molecular complexity index is 828. The van der Waals surface area contributed by atoms with E-state index < -0.39 is 10.0 Å². The molecule has 1 aromatic rings. The highest BCUT2D eigenvalue weighted by Crippen LogP contribution is 2.29. The maximum absolute atomic E-state index is 12.7. The third-order valence-corrected chi connectivity index (χ3v) is 8.07. The lowest BCUT2D eigenvalue weighted by molar-refractivity contribution is -0.130. The molecule has 1 atom stereocenters. The van der Waals surface area contributed by atoms with Crippen LogP contribution in [0.3, 0.4) is 0 Å². The molecular formula is C21H31N3O4S. The van der Waals surface area contributed by atoms with E-state index in [1.54, 1.807) is 26.0 Å². The van der Waals surface area contributed by atoms with Crippen LogP contribution in [-0.4, -0.2) is 55.1 Å². The fraction of sp³-hybridized carbons (Fsp3) is 0.619. The summed E-state index contributed by atoms with van der Waals surface area (Å²) in [7, 11) is -3.52. The lowest BCUT2D eigenvalue weighted by Gasteiger charge is -2.31. The van der Waals surface area contributed by atoms with Gasteiger partial charge < -0.3 is 10.2 Å². The number of amides is 2. The Hall–Kier alpha value is -1.93. The van der Waals surface area contributed by atoms with E-state index in [0.29, 0.717) is 25.3 Å². The first kappa shape index (κ1) is 21.8. The van der Waals surface area contributed by atoms with Gasteiger partial charge in [-0.3, -0.25) is 9.59 Å². The van der Waals surface area contributed by atoms with Gasteiger partial charge in [-0.1, -0.05) is 33.1 Å². The number of sulfonamides is 1. The van der Waals surface area contributed by atoms with Crippen LogP contribution in [0.2, 0.25) is 0 Å². The van der Waals surface area contributed by atoms with Crippen molar-refractivity contribution in [1.82, 2.24) is 9.21 Å². The van der Waals surface area contributed by atoms with Gasteiger partial charge in [0.05, 0.1) is 10.8 Å². The number of nitrogens with one attached hydrogen (secondary N) is 1. The highest BCUT2D eigenvalue weighted by Gasteiger charge is 2.38. The lowest BCUT2D eigenvalue weighted by Crippen LogP contribution is -2.38. The number of anilines is 1. The SMILES string of the molecule is CCN(CC)S(=O)(=O)c1ccc(NC(=O)[C@@H]2CC(=O)N(C3CCCCC3)C2)cc1. The summed E-state index contributed by atoms with van der Waals surface area (Å²) in [5.74, 6) is -0.475. The van der Waals surface area contributed by atoms with Crippen LogP contribution >= 0.6 is 0 Å². The number of rotatable bonds is 7. The van der Waals surface area contributed by atoms with Gasteiger partial charge in [-0.15, -0.1) is 0 Å². The Kier molecular flexibility index (Phi) is 6.95. The van der Waals surface area contributed by atoms with Crippen molar-refractivity contribution in [2.75, 3.05) is 25.0 Å². The standard InChI is InChI=1S/C21H31N3O4S/c1-3-23(4-2)29(27,28)19-12-10-17(11-13-19)22-21(26)16-14-20(25)24(15-16)18-8-6-5-7-9-18/h10-13,16,18H,3-9,14-15H2,1-2H3,(H,22,26)/t16-/m1/s1. The van der Waals surface area contributed by atoms with E-state index in [-0.39, 0.29) is 35.1 Å². The second kappa shape index (κ2) is 9.26. The number of benzene rings is 1. The van der Waals surface area contributed by atoms with Crippen molar-refractivity contribution in [2.24, 2.45) is 5.92 Å². The molecule has 0 aromatic heterocycles. The highest BCUT2D eigenvalue weighted by molar-refractivity contribution is 7.89. The van der Waals surface area contributed by atoms with Gasteiger partial charge in [0, 0.05) is 37.8 Å². The molecule has 2 fully saturated rings. The molecule has 0 spiro atoms. The molecule has 0 radical (unpaired) electrons. The van der Waals surface area contributed by atoms with Crippen LogP contribution in [0.4, 0.5) is 5.69 Å². The van der Waals surface area contributed by atoms with Crippen molar-refractivity contribution in [3.05, 3.63) is 24.3 Å². The molecule has 8 heteroatoms. The van der Waals surface area contributed by atoms with Crippen molar-refractivity contribution in [1.29, 1.82) is 0 Å². The molecule has 1 heterocycles. The lowest BCUT2D eigenvalue weighted by atomic mass is 9.94. The zero-order valence-electron chi connectivity index (χ0n) is 17.3. The first-order valence-corrected chi connectivity index (χ1v) is 12.0. The predicted octanol–water partition coefficient (Wildman–Crippen LogP) is 2.84. The van der Waals surface area contributed by atoms with E-state index >= 15 is 0 Å². The number of hydrogen-bond acceptors (Lipinski definition) is 4. The maximum atomic E-state index is 12.7. The van der Waals surface area contributed by atoms with Gasteiger partial charge in [0.2, 0.25) is 21.8 Å². The average Bonchev–Trinajstić information content (AvgIpc) is 3.11. The van der Waals surface area contributed by atoms with E-state index in [1.807, 2.05) is 4.90 Å². The first-order chi connectivity index (χ1) is 13.9. The minimum Gasteiger partial charge on any atom is -0.339 e. The molecule has 1 saturated carbocycles. The van der Waals surface area contributed by atoms with E-state index in [0.717, 1.165) is 25.7 Å². The minimum atomic E-state index is -3.52. The van der Waals surface area contributed by atoms with Crippen LogP contribution in [0.25, 0.3) is 0 Å². The van der Waals surface area contributed by atoms with Crippen molar-refractivity contribution >= 4 is 27.5 Å². The second-order valence-corrected chi connectivity index (χ2v) is 9.78. The number of hydrogen-bond donors (Lipinski definition) is 1. The van der Waals surface area contributed by atoms with Crippen LogP contribution in [-0.2, 0) is 19.6 Å². The molecular weight excluding hydrogens is 390 g/mol. The summed E-state index contributed by atoms with van der Waals surface area (Å²) in [6.07, 6.45) is 5.83. The zero-order valence-corrected chi connectivity index (χ0v) is 18.1. The van der Waals surface area contributed by atoms with Crippen molar-refractivity contribution in [3.63, 3.8) is 0 Å². The van der Waals surface area contributed by atoms with Crippen LogP contribution < -0.4 is 5.32 Å². The molecule has 1 aromatic carbocycles. The largest absolute Gasteiger partial charge is 0.339 e. The van der Waals surface area contributed by atoms with E-state index in [9.17, 15) is 18.0 Å². The fourth-order valence-electron chi connectivity index (χ4n) is 4.32. The van der Waals surface area contributed by atoms with Crippen molar-refractivity contribution in [2.45, 2.75) is 63.3 Å². The van der Waals surface area contributed by atoms with Crippen LogP contribution in [0, 0.1) is 5.92 Å². The molecule has 2 aliphatic rings. The van der Waals surface area contributed by atoms with Crippen molar-refractivity contribution in [3.8, 4) is 0 Å². The number of nitrogens with zero attached hydrogens (tertiary/aromatic N) is 2. The third kappa shape index (κ3) is 4.80. The van der Waals surface area contributed by atoms with Crippen LogP contribution in [0.15, 0.2) is 29.2 Å². The van der Waals surface area contributed by atoms with E-state index in [2.05, 4.69) is 5.32 Å². The predicted molar refractivity (Wildman–Crippen MR) is 112 cm³/mol. The Labute approximate surface area is 173 Å². The molecule has 1 aliphatic heterocycles. The minimum absolute atomic E-state index is 0.0673. The molecule has 29 heavy (non-hydrogen) atoms. The topological polar surface area (TPSA) is 86.8 Å². The summed E-state index contributed by atoms with van der Waals surface area (Å²) in [5.41, 5.74) is 0.539. The van der Waals surface area contributed by atoms with E-state index in [4.69, 9.17) is 0 Å². The molecule has 0 unspecified atom stereocenters. The normalized spacial score (nSPS) is 21.0. The maximum Gasteiger partial charge on any atom is 0.243 e. The average molecular weight is 422 g/mol. The van der Waals surface area contributed by atoms with Gasteiger partial charge in [-0.2, -0.15) is 4.31 Å². The summed E-state index contributed by atoms with van der Waals surface area (Å²) < 4.78 is 26.5. The highest BCUT2D eigenvalue weighted by atomic mass is 32.2. The van der Waals surface area contributed by atoms with Gasteiger partial charge in [0.15, 0.2) is 0 Å². The number of likely N-dealkylation sites (tertiary alicyclic amines) is 1. The quantitative estimate of drug-likeness (QED) is 0.733. The smallest absolute Gasteiger partial charge is 0.243 e. The summed E-state index contributed by atoms with van der Waals surface area (Å²) in [6, 6.07) is 6.50. The van der Waals surface area contributed by atoms with Gasteiger partial charge in [0.25, 0.3) is 0 Å². The monoisotopic (exact) mass is 421 g/mol. The van der Waals surface area contributed by atoms with Gasteiger partial charge in [-0.25, -0.2) is 8.42 Å². The van der Waals surface area contributed by atoms with Gasteiger partial charge in [0.1, 0.15) is 0 Å². The Morgan fingerprint density at radius 1 is 1.10 bits per heavy atom. The fourth-order valence-corrected chi connectivity index (χ4v) is 5.78. The van der Waals surface area contributed by atoms with Crippen LogP contribution in [0.1, 0.15) is 52.4 Å². The number of carbonyl (C=O) groups is 2. The summed E-state index contributed by atoms with van der Waals surface area (Å²) >= 11 is 0. The molecule has 7 nitrogen and oxygen atoms in total. The van der Waals surface area contributed by atoms with Crippen LogP contribution in [0.5, 0.6) is 0 Å². The molecule has 1 aliphatic carbocycles. The van der Waals surface area contributed by atoms with Gasteiger partial charge in [-0.05, 0) is 37.1 Å². The summed E-state index contributed by atoms with van der Waals surface area (Å²) in [6.45, 7) is 4.89. The van der Waals surface area contributed by atoms with E-state index in [1.165, 1.54) is 22.9 Å². The zero-order chi connectivity index (χ0) is 21.0. The second-order valence-electron chi connectivity index (χ2n) is 7.84. The molecule has 2 amide bonds. The van der Waals surface area contributed by atoms with Gasteiger partial charge >= 0.3 is 0 Å². The Morgan fingerprint density at radius 3 is 2.31 bits per heavy atom. The number of carbonyl (C=O) groups excluding carboxylic acids is 2. The first-order valence-electron chi connectivity index (χ1n) is 10.6. The molecule has 160 valence electrons. The molecule has 0 bridgehead atoms. The Morgan fingerprint density at radius 2 is 1.72 bits per heavy atom. The Balaban J connectivity index is 1.62. The molecule has 3 rings (SSSR count). The molecule has 1 N–H and O–H groups in total.